The summed E-state index contributed by atoms with van der Waals surface area (Å²) in [6.45, 7) is 2.12. The summed E-state index contributed by atoms with van der Waals surface area (Å²) in [5.41, 5.74) is 2.55. The Morgan fingerprint density at radius 2 is 2.00 bits per heavy atom. The predicted octanol–water partition coefficient (Wildman–Crippen LogP) is 4.42. The summed E-state index contributed by atoms with van der Waals surface area (Å²) in [5, 5.41) is 0. The standard InChI is InChI=1S/C14H15Cl/c1-2-14(15)10-8-13(9-11-14)12-6-4-3-5-7-12/h3-10H,2,11H2,1H3. The first-order chi connectivity index (χ1) is 7.23. The van der Waals surface area contributed by atoms with E-state index in [9.17, 15) is 0 Å². The minimum Gasteiger partial charge on any atom is -0.114 e. The Morgan fingerprint density at radius 3 is 2.53 bits per heavy atom. The second-order valence-corrected chi connectivity index (χ2v) is 4.70. The van der Waals surface area contributed by atoms with E-state index in [1.807, 2.05) is 6.07 Å². The molecule has 0 spiro atoms. The molecule has 0 bridgehead atoms. The van der Waals surface area contributed by atoms with E-state index >= 15 is 0 Å². The largest absolute Gasteiger partial charge is 0.114 e. The van der Waals surface area contributed by atoms with Crippen molar-refractivity contribution in [1.29, 1.82) is 0 Å². The highest BCUT2D eigenvalue weighted by molar-refractivity contribution is 6.25. The van der Waals surface area contributed by atoms with E-state index in [4.69, 9.17) is 11.6 Å². The zero-order chi connectivity index (χ0) is 10.7. The summed E-state index contributed by atoms with van der Waals surface area (Å²) in [7, 11) is 0. The first-order valence-corrected chi connectivity index (χ1v) is 5.75. The van der Waals surface area contributed by atoms with E-state index in [1.165, 1.54) is 11.1 Å². The van der Waals surface area contributed by atoms with Crippen molar-refractivity contribution >= 4 is 17.2 Å². The summed E-state index contributed by atoms with van der Waals surface area (Å²) >= 11 is 6.38. The van der Waals surface area contributed by atoms with Gasteiger partial charge < -0.3 is 0 Å². The lowest BCUT2D eigenvalue weighted by Crippen LogP contribution is -2.17. The molecule has 1 aliphatic carbocycles. The third-order valence-corrected chi connectivity index (χ3v) is 3.47. The van der Waals surface area contributed by atoms with Crippen LogP contribution in [0.5, 0.6) is 0 Å². The van der Waals surface area contributed by atoms with Gasteiger partial charge in [0.15, 0.2) is 0 Å². The Labute approximate surface area is 96.3 Å². The second-order valence-electron chi connectivity index (χ2n) is 3.95. The molecular weight excluding hydrogens is 204 g/mol. The fourth-order valence-corrected chi connectivity index (χ4v) is 1.90. The lowest BCUT2D eigenvalue weighted by molar-refractivity contribution is 0.677. The summed E-state index contributed by atoms with van der Waals surface area (Å²) in [6.07, 6.45) is 8.38. The second kappa shape index (κ2) is 4.24. The smallest absolute Gasteiger partial charge is 0.0661 e. The van der Waals surface area contributed by atoms with Gasteiger partial charge in [0, 0.05) is 0 Å². The molecule has 0 N–H and O–H groups in total. The predicted molar refractivity (Wildman–Crippen MR) is 67.1 cm³/mol. The van der Waals surface area contributed by atoms with Crippen molar-refractivity contribution < 1.29 is 0 Å². The van der Waals surface area contributed by atoms with Crippen LogP contribution >= 0.6 is 11.6 Å². The Balaban J connectivity index is 2.20. The Bertz CT molecular complexity index is 389. The SMILES string of the molecule is CCC1(Cl)C=CC(c2ccccc2)=CC1. The van der Waals surface area contributed by atoms with Crippen LogP contribution in [0.25, 0.3) is 5.57 Å². The van der Waals surface area contributed by atoms with Gasteiger partial charge in [-0.2, -0.15) is 0 Å². The van der Waals surface area contributed by atoms with Crippen molar-refractivity contribution in [1.82, 2.24) is 0 Å². The van der Waals surface area contributed by atoms with Crippen LogP contribution in [0.3, 0.4) is 0 Å². The molecule has 0 aliphatic heterocycles. The molecule has 0 nitrogen and oxygen atoms in total. The molecule has 0 saturated heterocycles. The van der Waals surface area contributed by atoms with Crippen molar-refractivity contribution in [2.24, 2.45) is 0 Å². The van der Waals surface area contributed by atoms with Crippen molar-refractivity contribution in [2.45, 2.75) is 24.6 Å². The van der Waals surface area contributed by atoms with E-state index in [1.54, 1.807) is 0 Å². The van der Waals surface area contributed by atoms with Gasteiger partial charge >= 0.3 is 0 Å². The fraction of sp³-hybridized carbons (Fsp3) is 0.286. The van der Waals surface area contributed by atoms with Crippen LogP contribution in [0.2, 0.25) is 0 Å². The molecule has 1 heteroatoms. The van der Waals surface area contributed by atoms with Crippen LogP contribution in [0.1, 0.15) is 25.3 Å². The lowest BCUT2D eigenvalue weighted by atomic mass is 9.91. The normalized spacial score (nSPS) is 25.1. The monoisotopic (exact) mass is 218 g/mol. The van der Waals surface area contributed by atoms with Crippen molar-refractivity contribution in [2.75, 3.05) is 0 Å². The molecule has 1 aromatic carbocycles. The van der Waals surface area contributed by atoms with Gasteiger partial charge in [-0.25, -0.2) is 0 Å². The molecule has 2 rings (SSSR count). The van der Waals surface area contributed by atoms with Crippen LogP contribution in [-0.2, 0) is 0 Å². The maximum Gasteiger partial charge on any atom is 0.0661 e. The number of hydrogen-bond donors (Lipinski definition) is 0. The molecular formula is C14H15Cl. The maximum absolute atomic E-state index is 6.38. The highest BCUT2D eigenvalue weighted by Crippen LogP contribution is 2.33. The first kappa shape index (κ1) is 10.5. The molecule has 0 saturated carbocycles. The molecule has 1 unspecified atom stereocenters. The zero-order valence-electron chi connectivity index (χ0n) is 8.91. The number of benzene rings is 1. The van der Waals surface area contributed by atoms with Crippen molar-refractivity contribution in [3.05, 3.63) is 54.1 Å². The van der Waals surface area contributed by atoms with Crippen LogP contribution in [0.4, 0.5) is 0 Å². The van der Waals surface area contributed by atoms with Crippen LogP contribution in [-0.4, -0.2) is 4.87 Å². The van der Waals surface area contributed by atoms with Gasteiger partial charge in [-0.15, -0.1) is 11.6 Å². The Morgan fingerprint density at radius 1 is 1.27 bits per heavy atom. The average Bonchev–Trinajstić information content (AvgIpc) is 2.31. The van der Waals surface area contributed by atoms with E-state index in [2.05, 4.69) is 49.4 Å². The van der Waals surface area contributed by atoms with E-state index in [0.717, 1.165) is 12.8 Å². The number of rotatable bonds is 2. The number of allylic oxidation sites excluding steroid dienone is 4. The van der Waals surface area contributed by atoms with Gasteiger partial charge in [0.05, 0.1) is 4.87 Å². The quantitative estimate of drug-likeness (QED) is 0.645. The third-order valence-electron chi connectivity index (χ3n) is 2.92. The van der Waals surface area contributed by atoms with Crippen LogP contribution in [0.15, 0.2) is 48.6 Å². The number of halogens is 1. The topological polar surface area (TPSA) is 0 Å². The highest BCUT2D eigenvalue weighted by Gasteiger charge is 2.22. The average molecular weight is 219 g/mol. The summed E-state index contributed by atoms with van der Waals surface area (Å²) in [5.74, 6) is 0. The summed E-state index contributed by atoms with van der Waals surface area (Å²) in [4.78, 5) is -0.154. The molecule has 0 heterocycles. The molecule has 0 fully saturated rings. The highest BCUT2D eigenvalue weighted by atomic mass is 35.5. The molecule has 0 aromatic heterocycles. The Hall–Kier alpha value is -1.01. The van der Waals surface area contributed by atoms with E-state index < -0.39 is 0 Å². The van der Waals surface area contributed by atoms with Gasteiger partial charge in [-0.05, 0) is 24.0 Å². The van der Waals surface area contributed by atoms with E-state index in [-0.39, 0.29) is 4.87 Å². The van der Waals surface area contributed by atoms with Crippen molar-refractivity contribution in [3.8, 4) is 0 Å². The molecule has 0 radical (unpaired) electrons. The number of hydrogen-bond acceptors (Lipinski definition) is 0. The van der Waals surface area contributed by atoms with E-state index in [0.29, 0.717) is 0 Å². The molecule has 15 heavy (non-hydrogen) atoms. The first-order valence-electron chi connectivity index (χ1n) is 5.37. The van der Waals surface area contributed by atoms with Gasteiger partial charge in [-0.1, -0.05) is 55.5 Å². The minimum absolute atomic E-state index is 0.154. The third kappa shape index (κ3) is 2.32. The lowest BCUT2D eigenvalue weighted by Gasteiger charge is -2.23. The maximum atomic E-state index is 6.38. The van der Waals surface area contributed by atoms with Gasteiger partial charge in [0.2, 0.25) is 0 Å². The molecule has 0 amide bonds. The van der Waals surface area contributed by atoms with Crippen LogP contribution < -0.4 is 0 Å². The van der Waals surface area contributed by atoms with Crippen molar-refractivity contribution in [3.63, 3.8) is 0 Å². The number of alkyl halides is 1. The van der Waals surface area contributed by atoms with Crippen LogP contribution in [0, 0.1) is 0 Å². The fourth-order valence-electron chi connectivity index (χ4n) is 1.76. The molecule has 78 valence electrons. The zero-order valence-corrected chi connectivity index (χ0v) is 9.67. The van der Waals surface area contributed by atoms with Gasteiger partial charge in [-0.3, -0.25) is 0 Å². The Kier molecular flexibility index (Phi) is 2.97. The van der Waals surface area contributed by atoms with Gasteiger partial charge in [0.1, 0.15) is 0 Å². The molecule has 1 aliphatic rings. The molecule has 1 aromatic rings. The summed E-state index contributed by atoms with van der Waals surface area (Å²) < 4.78 is 0. The van der Waals surface area contributed by atoms with Gasteiger partial charge in [0.25, 0.3) is 0 Å². The summed E-state index contributed by atoms with van der Waals surface area (Å²) in [6, 6.07) is 10.4. The molecule has 1 atom stereocenters. The minimum atomic E-state index is -0.154.